The number of carbonyl (C=O) groups is 1. The van der Waals surface area contributed by atoms with E-state index >= 15 is 0 Å². The molecule has 2 aromatic carbocycles. The van der Waals surface area contributed by atoms with Crippen molar-refractivity contribution in [1.82, 2.24) is 9.97 Å². The summed E-state index contributed by atoms with van der Waals surface area (Å²) in [6, 6.07) is 13.5. The molecule has 32 heavy (non-hydrogen) atoms. The molecular formula is C26H29N3O3. The number of aromatic nitrogens is 2. The Morgan fingerprint density at radius 3 is 2.28 bits per heavy atom. The molecule has 1 aromatic heterocycles. The van der Waals surface area contributed by atoms with Crippen LogP contribution >= 0.6 is 0 Å². The van der Waals surface area contributed by atoms with Crippen molar-refractivity contribution in [1.29, 1.82) is 0 Å². The van der Waals surface area contributed by atoms with Crippen molar-refractivity contribution in [2.75, 3.05) is 5.32 Å². The summed E-state index contributed by atoms with van der Waals surface area (Å²) < 4.78 is 0. The lowest BCUT2D eigenvalue weighted by Crippen LogP contribution is -2.18. The maximum atomic E-state index is 12.6. The molecule has 4 rings (SSSR count). The summed E-state index contributed by atoms with van der Waals surface area (Å²) in [5, 5.41) is 21.9. The average molecular weight is 432 g/mol. The lowest BCUT2D eigenvalue weighted by atomic mass is 9.86. The van der Waals surface area contributed by atoms with Crippen molar-refractivity contribution in [2.45, 2.75) is 51.4 Å². The molecular weight excluding hydrogens is 402 g/mol. The number of nitrogens with one attached hydrogen (secondary N) is 1. The minimum absolute atomic E-state index is 0.165. The fourth-order valence-electron chi connectivity index (χ4n) is 4.27. The number of anilines is 1. The van der Waals surface area contributed by atoms with Crippen molar-refractivity contribution in [2.24, 2.45) is 5.92 Å². The van der Waals surface area contributed by atoms with Gasteiger partial charge >= 0.3 is 0 Å². The topological polar surface area (TPSA) is 95.3 Å². The molecule has 1 aliphatic carbocycles. The molecule has 3 aromatic rings. The second-order valence-corrected chi connectivity index (χ2v) is 8.53. The van der Waals surface area contributed by atoms with E-state index in [4.69, 9.17) is 4.98 Å². The molecule has 0 bridgehead atoms. The van der Waals surface area contributed by atoms with E-state index in [9.17, 15) is 15.0 Å². The Balaban J connectivity index is 1.52. The maximum absolute atomic E-state index is 12.6. The SMILES string of the molecule is O=C(Cc1ccc(O)cc1)Nc1ncc(-c2ccc(O)cc2)nc1CCC1CCCCC1. The van der Waals surface area contributed by atoms with Crippen LogP contribution in [0.4, 0.5) is 5.82 Å². The molecule has 3 N–H and O–H groups in total. The number of phenols is 2. The van der Waals surface area contributed by atoms with Crippen molar-refractivity contribution in [3.05, 3.63) is 66.0 Å². The van der Waals surface area contributed by atoms with E-state index in [0.717, 1.165) is 35.4 Å². The fourth-order valence-corrected chi connectivity index (χ4v) is 4.27. The molecule has 0 aliphatic heterocycles. The predicted octanol–water partition coefficient (Wildman–Crippen LogP) is 5.25. The Hall–Kier alpha value is -3.41. The average Bonchev–Trinajstić information content (AvgIpc) is 2.81. The Morgan fingerprint density at radius 2 is 1.59 bits per heavy atom. The minimum Gasteiger partial charge on any atom is -0.508 e. The molecule has 0 atom stereocenters. The van der Waals surface area contributed by atoms with Crippen LogP contribution in [0.1, 0.15) is 49.8 Å². The van der Waals surface area contributed by atoms with Gasteiger partial charge in [0.2, 0.25) is 5.91 Å². The van der Waals surface area contributed by atoms with Crippen LogP contribution in [-0.2, 0) is 17.6 Å². The summed E-state index contributed by atoms with van der Waals surface area (Å²) in [7, 11) is 0. The van der Waals surface area contributed by atoms with Gasteiger partial charge in [0.05, 0.1) is 24.0 Å². The Labute approximate surface area is 188 Å². The Bertz CT molecular complexity index is 1040. The van der Waals surface area contributed by atoms with Crippen LogP contribution in [0.25, 0.3) is 11.3 Å². The molecule has 166 valence electrons. The van der Waals surface area contributed by atoms with Gasteiger partial charge in [-0.1, -0.05) is 44.2 Å². The number of hydrogen-bond acceptors (Lipinski definition) is 5. The summed E-state index contributed by atoms with van der Waals surface area (Å²) in [6.45, 7) is 0. The van der Waals surface area contributed by atoms with E-state index < -0.39 is 0 Å². The third kappa shape index (κ3) is 5.84. The normalized spacial score (nSPS) is 14.2. The van der Waals surface area contributed by atoms with Crippen LogP contribution in [0, 0.1) is 5.92 Å². The fraction of sp³-hybridized carbons (Fsp3) is 0.346. The standard InChI is InChI=1S/C26H29N3O3/c30-21-11-6-19(7-12-21)16-25(32)29-26-23(15-8-18-4-2-1-3-5-18)28-24(17-27-26)20-9-13-22(31)14-10-20/h6-7,9-14,17-18,30-31H,1-5,8,15-16H2,(H,27,29,32). The molecule has 6 nitrogen and oxygen atoms in total. The van der Waals surface area contributed by atoms with Gasteiger partial charge in [-0.25, -0.2) is 9.97 Å². The molecule has 0 saturated heterocycles. The highest BCUT2D eigenvalue weighted by Crippen LogP contribution is 2.29. The second kappa shape index (κ2) is 10.3. The zero-order valence-electron chi connectivity index (χ0n) is 18.1. The monoisotopic (exact) mass is 431 g/mol. The van der Waals surface area contributed by atoms with Crippen LogP contribution in [-0.4, -0.2) is 26.1 Å². The van der Waals surface area contributed by atoms with E-state index in [1.54, 1.807) is 42.6 Å². The van der Waals surface area contributed by atoms with Gasteiger partial charge in [0, 0.05) is 5.56 Å². The van der Waals surface area contributed by atoms with Crippen LogP contribution in [0.5, 0.6) is 11.5 Å². The number of phenolic OH excluding ortho intramolecular Hbond substituents is 2. The first-order chi connectivity index (χ1) is 15.6. The first-order valence-electron chi connectivity index (χ1n) is 11.3. The third-order valence-corrected chi connectivity index (χ3v) is 6.08. The van der Waals surface area contributed by atoms with Gasteiger partial charge in [-0.3, -0.25) is 4.79 Å². The Morgan fingerprint density at radius 1 is 0.938 bits per heavy atom. The van der Waals surface area contributed by atoms with Crippen LogP contribution in [0.15, 0.2) is 54.7 Å². The first-order valence-corrected chi connectivity index (χ1v) is 11.3. The number of hydrogen-bond donors (Lipinski definition) is 3. The van der Waals surface area contributed by atoms with Gasteiger partial charge in [-0.05, 0) is 60.7 Å². The van der Waals surface area contributed by atoms with Crippen LogP contribution in [0.2, 0.25) is 0 Å². The number of rotatable bonds is 7. The Kier molecular flexibility index (Phi) is 7.00. The highest BCUT2D eigenvalue weighted by atomic mass is 16.3. The van der Waals surface area contributed by atoms with Gasteiger partial charge in [-0.2, -0.15) is 0 Å². The van der Waals surface area contributed by atoms with E-state index in [2.05, 4.69) is 10.3 Å². The molecule has 1 saturated carbocycles. The number of carbonyl (C=O) groups excluding carboxylic acids is 1. The molecule has 6 heteroatoms. The van der Waals surface area contributed by atoms with Gasteiger partial charge in [0.1, 0.15) is 11.5 Å². The van der Waals surface area contributed by atoms with Gasteiger partial charge in [-0.15, -0.1) is 0 Å². The van der Waals surface area contributed by atoms with Crippen molar-refractivity contribution < 1.29 is 15.0 Å². The summed E-state index contributed by atoms with van der Waals surface area (Å²) >= 11 is 0. The van der Waals surface area contributed by atoms with Crippen LogP contribution in [0.3, 0.4) is 0 Å². The molecule has 1 fully saturated rings. The zero-order valence-corrected chi connectivity index (χ0v) is 18.1. The maximum Gasteiger partial charge on any atom is 0.229 e. The van der Waals surface area contributed by atoms with E-state index in [1.165, 1.54) is 32.1 Å². The van der Waals surface area contributed by atoms with Gasteiger partial charge < -0.3 is 15.5 Å². The lowest BCUT2D eigenvalue weighted by molar-refractivity contribution is -0.115. The van der Waals surface area contributed by atoms with E-state index in [0.29, 0.717) is 11.7 Å². The quantitative estimate of drug-likeness (QED) is 0.475. The molecule has 1 amide bonds. The van der Waals surface area contributed by atoms with Crippen LogP contribution < -0.4 is 5.32 Å². The van der Waals surface area contributed by atoms with Gasteiger partial charge in [0.25, 0.3) is 0 Å². The number of amides is 1. The van der Waals surface area contributed by atoms with Crippen molar-refractivity contribution in [3.63, 3.8) is 0 Å². The van der Waals surface area contributed by atoms with Crippen molar-refractivity contribution >= 4 is 11.7 Å². The first kappa shape index (κ1) is 21.8. The molecule has 1 aliphatic rings. The second-order valence-electron chi connectivity index (χ2n) is 8.53. The lowest BCUT2D eigenvalue weighted by Gasteiger charge is -2.21. The molecule has 0 spiro atoms. The van der Waals surface area contributed by atoms with E-state index in [-0.39, 0.29) is 23.8 Å². The van der Waals surface area contributed by atoms with Gasteiger partial charge in [0.15, 0.2) is 5.82 Å². The highest BCUT2D eigenvalue weighted by Gasteiger charge is 2.17. The molecule has 1 heterocycles. The minimum atomic E-state index is -0.165. The summed E-state index contributed by atoms with van der Waals surface area (Å²) in [5.41, 5.74) is 3.20. The van der Waals surface area contributed by atoms with Crippen molar-refractivity contribution in [3.8, 4) is 22.8 Å². The largest absolute Gasteiger partial charge is 0.508 e. The predicted molar refractivity (Wildman–Crippen MR) is 124 cm³/mol. The highest BCUT2D eigenvalue weighted by molar-refractivity contribution is 5.92. The summed E-state index contributed by atoms with van der Waals surface area (Å²) in [5.74, 6) is 1.42. The molecule has 0 radical (unpaired) electrons. The summed E-state index contributed by atoms with van der Waals surface area (Å²) in [4.78, 5) is 22.0. The molecule has 0 unspecified atom stereocenters. The van der Waals surface area contributed by atoms with E-state index in [1.807, 2.05) is 12.1 Å². The third-order valence-electron chi connectivity index (χ3n) is 6.08. The summed E-state index contributed by atoms with van der Waals surface area (Å²) in [6.07, 6.45) is 10.1. The number of aryl methyl sites for hydroxylation is 1. The number of aromatic hydroxyl groups is 2. The zero-order chi connectivity index (χ0) is 22.3. The number of nitrogens with zero attached hydrogens (tertiary/aromatic N) is 2. The smallest absolute Gasteiger partial charge is 0.229 e. The number of benzene rings is 2.